The molecule has 62 valence electrons. The second-order valence-electron chi connectivity index (χ2n) is 2.41. The summed E-state index contributed by atoms with van der Waals surface area (Å²) in [5, 5.41) is 0. The van der Waals surface area contributed by atoms with Gasteiger partial charge in [0.15, 0.2) is 0 Å². The number of pyridine rings is 1. The van der Waals surface area contributed by atoms with Crippen molar-refractivity contribution in [3.63, 3.8) is 0 Å². The van der Waals surface area contributed by atoms with Gasteiger partial charge in [-0.15, -0.1) is 11.6 Å². The molecule has 0 N–H and O–H groups in total. The number of aromatic nitrogens is 1. The molecule has 0 spiro atoms. The molecule has 1 aromatic rings. The number of hydrogen-bond donors (Lipinski definition) is 0. The first-order valence-corrected chi connectivity index (χ1v) is 4.34. The van der Waals surface area contributed by atoms with Gasteiger partial charge in [-0.05, 0) is 24.5 Å². The molecular formula is C10H10ClN. The Labute approximate surface area is 77.8 Å². The SMILES string of the molecule is Cc1cccnc1C#CCCCl. The average Bonchev–Trinajstić information content (AvgIpc) is 2.09. The molecule has 0 aliphatic carbocycles. The number of rotatable bonds is 1. The summed E-state index contributed by atoms with van der Waals surface area (Å²) in [4.78, 5) is 4.13. The Morgan fingerprint density at radius 3 is 3.08 bits per heavy atom. The highest BCUT2D eigenvalue weighted by molar-refractivity contribution is 6.18. The molecule has 0 amide bonds. The van der Waals surface area contributed by atoms with Crippen LogP contribution in [0.3, 0.4) is 0 Å². The van der Waals surface area contributed by atoms with Crippen LogP contribution in [0.1, 0.15) is 17.7 Å². The molecule has 0 fully saturated rings. The first-order chi connectivity index (χ1) is 5.84. The number of aryl methyl sites for hydroxylation is 1. The zero-order chi connectivity index (χ0) is 8.81. The highest BCUT2D eigenvalue weighted by Gasteiger charge is 1.90. The van der Waals surface area contributed by atoms with Crippen molar-refractivity contribution in [1.29, 1.82) is 0 Å². The third-order valence-electron chi connectivity index (χ3n) is 1.44. The van der Waals surface area contributed by atoms with Crippen LogP contribution in [-0.2, 0) is 0 Å². The molecule has 0 aliphatic heterocycles. The maximum absolute atomic E-state index is 5.48. The molecule has 1 nitrogen and oxygen atoms in total. The summed E-state index contributed by atoms with van der Waals surface area (Å²) >= 11 is 5.48. The largest absolute Gasteiger partial charge is 0.248 e. The van der Waals surface area contributed by atoms with Crippen LogP contribution < -0.4 is 0 Å². The molecule has 0 atom stereocenters. The fraction of sp³-hybridized carbons (Fsp3) is 0.300. The van der Waals surface area contributed by atoms with E-state index in [1.165, 1.54) is 0 Å². The van der Waals surface area contributed by atoms with E-state index in [0.717, 1.165) is 17.7 Å². The van der Waals surface area contributed by atoms with Gasteiger partial charge in [-0.1, -0.05) is 12.0 Å². The summed E-state index contributed by atoms with van der Waals surface area (Å²) in [6.07, 6.45) is 2.47. The molecule has 0 bridgehead atoms. The second-order valence-corrected chi connectivity index (χ2v) is 2.79. The van der Waals surface area contributed by atoms with Gasteiger partial charge in [0.1, 0.15) is 5.69 Å². The topological polar surface area (TPSA) is 12.9 Å². The minimum absolute atomic E-state index is 0.582. The summed E-state index contributed by atoms with van der Waals surface area (Å²) in [5.74, 6) is 6.50. The van der Waals surface area contributed by atoms with Crippen LogP contribution in [0.4, 0.5) is 0 Å². The van der Waals surface area contributed by atoms with Crippen LogP contribution >= 0.6 is 11.6 Å². The fourth-order valence-electron chi connectivity index (χ4n) is 0.810. The Morgan fingerprint density at radius 1 is 1.58 bits per heavy atom. The highest BCUT2D eigenvalue weighted by Crippen LogP contribution is 2.00. The van der Waals surface area contributed by atoms with Gasteiger partial charge in [0, 0.05) is 18.5 Å². The third-order valence-corrected chi connectivity index (χ3v) is 1.62. The van der Waals surface area contributed by atoms with E-state index in [4.69, 9.17) is 11.6 Å². The lowest BCUT2D eigenvalue weighted by molar-refractivity contribution is 1.22. The van der Waals surface area contributed by atoms with Crippen LogP contribution in [0.5, 0.6) is 0 Å². The molecular weight excluding hydrogens is 170 g/mol. The Hall–Kier alpha value is -1.00. The van der Waals surface area contributed by atoms with Crippen LogP contribution in [0.25, 0.3) is 0 Å². The van der Waals surface area contributed by atoms with E-state index in [0.29, 0.717) is 5.88 Å². The summed E-state index contributed by atoms with van der Waals surface area (Å²) in [6, 6.07) is 3.90. The number of alkyl halides is 1. The van der Waals surface area contributed by atoms with Gasteiger partial charge >= 0.3 is 0 Å². The van der Waals surface area contributed by atoms with Crippen molar-refractivity contribution in [3.8, 4) is 11.8 Å². The molecule has 0 aliphatic rings. The van der Waals surface area contributed by atoms with E-state index in [1.54, 1.807) is 6.20 Å². The van der Waals surface area contributed by atoms with Gasteiger partial charge in [-0.2, -0.15) is 0 Å². The lowest BCUT2D eigenvalue weighted by Gasteiger charge is -1.93. The van der Waals surface area contributed by atoms with E-state index < -0.39 is 0 Å². The summed E-state index contributed by atoms with van der Waals surface area (Å²) < 4.78 is 0. The standard InChI is InChI=1S/C10H10ClN/c1-9-5-4-8-12-10(9)6-2-3-7-11/h4-5,8H,3,7H2,1H3. The van der Waals surface area contributed by atoms with Crippen LogP contribution in [0.15, 0.2) is 18.3 Å². The van der Waals surface area contributed by atoms with Crippen molar-refractivity contribution >= 4 is 11.6 Å². The highest BCUT2D eigenvalue weighted by atomic mass is 35.5. The normalized spacial score (nSPS) is 8.83. The van der Waals surface area contributed by atoms with E-state index in [-0.39, 0.29) is 0 Å². The Morgan fingerprint density at radius 2 is 2.42 bits per heavy atom. The molecule has 0 unspecified atom stereocenters. The molecule has 12 heavy (non-hydrogen) atoms. The lowest BCUT2D eigenvalue weighted by Crippen LogP contribution is -1.85. The smallest absolute Gasteiger partial charge is 0.116 e. The zero-order valence-electron chi connectivity index (χ0n) is 6.97. The molecule has 0 saturated carbocycles. The first kappa shape index (κ1) is 9.09. The predicted octanol–water partition coefficient (Wildman–Crippen LogP) is 2.37. The Balaban J connectivity index is 2.77. The molecule has 1 aromatic heterocycles. The Bertz CT molecular complexity index is 309. The second kappa shape index (κ2) is 4.79. The molecule has 2 heteroatoms. The van der Waals surface area contributed by atoms with Crippen molar-refractivity contribution in [1.82, 2.24) is 4.98 Å². The van der Waals surface area contributed by atoms with Gasteiger partial charge in [0.25, 0.3) is 0 Å². The molecule has 0 radical (unpaired) electrons. The predicted molar refractivity (Wildman–Crippen MR) is 51.2 cm³/mol. The number of halogens is 1. The van der Waals surface area contributed by atoms with Crippen molar-refractivity contribution < 1.29 is 0 Å². The average molecular weight is 180 g/mol. The lowest BCUT2D eigenvalue weighted by atomic mass is 10.2. The zero-order valence-corrected chi connectivity index (χ0v) is 7.73. The van der Waals surface area contributed by atoms with Crippen molar-refractivity contribution in [2.75, 3.05) is 5.88 Å². The van der Waals surface area contributed by atoms with E-state index in [9.17, 15) is 0 Å². The molecule has 1 rings (SSSR count). The van der Waals surface area contributed by atoms with Crippen LogP contribution in [-0.4, -0.2) is 10.9 Å². The van der Waals surface area contributed by atoms with Gasteiger partial charge in [0.2, 0.25) is 0 Å². The number of nitrogens with zero attached hydrogens (tertiary/aromatic N) is 1. The Kier molecular flexibility index (Phi) is 3.63. The molecule has 0 aromatic carbocycles. The van der Waals surface area contributed by atoms with Crippen molar-refractivity contribution in [2.24, 2.45) is 0 Å². The monoisotopic (exact) mass is 179 g/mol. The summed E-state index contributed by atoms with van der Waals surface area (Å²) in [6.45, 7) is 2.00. The number of hydrogen-bond acceptors (Lipinski definition) is 1. The van der Waals surface area contributed by atoms with Gasteiger partial charge in [0.05, 0.1) is 0 Å². The van der Waals surface area contributed by atoms with Gasteiger partial charge < -0.3 is 0 Å². The van der Waals surface area contributed by atoms with Gasteiger partial charge in [-0.3, -0.25) is 0 Å². The van der Waals surface area contributed by atoms with Crippen LogP contribution in [0.2, 0.25) is 0 Å². The quantitative estimate of drug-likeness (QED) is 0.477. The minimum Gasteiger partial charge on any atom is -0.248 e. The molecule has 0 saturated heterocycles. The minimum atomic E-state index is 0.582. The maximum Gasteiger partial charge on any atom is 0.116 e. The maximum atomic E-state index is 5.48. The summed E-state index contributed by atoms with van der Waals surface area (Å²) in [7, 11) is 0. The third kappa shape index (κ3) is 2.56. The fourth-order valence-corrected chi connectivity index (χ4v) is 0.905. The van der Waals surface area contributed by atoms with Gasteiger partial charge in [-0.25, -0.2) is 4.98 Å². The summed E-state index contributed by atoms with van der Waals surface area (Å²) in [5.41, 5.74) is 1.96. The van der Waals surface area contributed by atoms with E-state index in [2.05, 4.69) is 16.8 Å². The van der Waals surface area contributed by atoms with E-state index in [1.807, 2.05) is 19.1 Å². The van der Waals surface area contributed by atoms with Crippen molar-refractivity contribution in [2.45, 2.75) is 13.3 Å². The van der Waals surface area contributed by atoms with Crippen LogP contribution in [0, 0.1) is 18.8 Å². The molecule has 1 heterocycles. The van der Waals surface area contributed by atoms with E-state index >= 15 is 0 Å². The first-order valence-electron chi connectivity index (χ1n) is 3.81. The van der Waals surface area contributed by atoms with Crippen molar-refractivity contribution in [3.05, 3.63) is 29.6 Å².